The highest BCUT2D eigenvalue weighted by atomic mass is 19.1. The maximum Gasteiger partial charge on any atom is 0.254 e. The van der Waals surface area contributed by atoms with E-state index in [4.69, 9.17) is 9.26 Å². The van der Waals surface area contributed by atoms with Gasteiger partial charge in [0, 0.05) is 17.4 Å². The molecule has 0 aliphatic heterocycles. The molecule has 0 N–H and O–H groups in total. The zero-order valence-electron chi connectivity index (χ0n) is 10.2. The lowest BCUT2D eigenvalue weighted by Gasteiger charge is -2.11. The molecule has 0 spiro atoms. The number of rotatable bonds is 3. The standard InChI is InChI=1S/C12H18FNO2/c1-11(2,3)9-5-10(14-16-9)15-7-8-6-12(8,4)13/h5,8H,6-7H2,1-4H3. The van der Waals surface area contributed by atoms with Crippen LogP contribution in [0.3, 0.4) is 0 Å². The van der Waals surface area contributed by atoms with Gasteiger partial charge in [0.05, 0.1) is 6.61 Å². The molecule has 2 rings (SSSR count). The Kier molecular flexibility index (Phi) is 2.48. The van der Waals surface area contributed by atoms with Gasteiger partial charge in [0.25, 0.3) is 5.88 Å². The molecule has 0 amide bonds. The van der Waals surface area contributed by atoms with Crippen LogP contribution in [-0.4, -0.2) is 17.4 Å². The minimum Gasteiger partial charge on any atom is -0.475 e. The topological polar surface area (TPSA) is 35.3 Å². The fraction of sp³-hybridized carbons (Fsp3) is 0.750. The molecule has 0 saturated heterocycles. The molecule has 16 heavy (non-hydrogen) atoms. The predicted octanol–water partition coefficient (Wildman–Crippen LogP) is 3.10. The summed E-state index contributed by atoms with van der Waals surface area (Å²) in [6.07, 6.45) is 0.580. The first-order valence-electron chi connectivity index (χ1n) is 5.58. The van der Waals surface area contributed by atoms with E-state index in [9.17, 15) is 4.39 Å². The predicted molar refractivity (Wildman–Crippen MR) is 58.3 cm³/mol. The molecule has 2 unspecified atom stereocenters. The van der Waals surface area contributed by atoms with E-state index in [2.05, 4.69) is 5.16 Å². The van der Waals surface area contributed by atoms with Crippen LogP contribution in [0.5, 0.6) is 5.88 Å². The van der Waals surface area contributed by atoms with Crippen LogP contribution in [0.15, 0.2) is 10.6 Å². The van der Waals surface area contributed by atoms with Gasteiger partial charge in [0.2, 0.25) is 0 Å². The molecule has 90 valence electrons. The zero-order chi connectivity index (χ0) is 12.0. The summed E-state index contributed by atoms with van der Waals surface area (Å²) in [4.78, 5) is 0. The van der Waals surface area contributed by atoms with Crippen molar-refractivity contribution < 1.29 is 13.7 Å². The van der Waals surface area contributed by atoms with E-state index in [1.165, 1.54) is 0 Å². The van der Waals surface area contributed by atoms with Crippen LogP contribution in [0.4, 0.5) is 4.39 Å². The summed E-state index contributed by atoms with van der Waals surface area (Å²) in [7, 11) is 0. The normalized spacial score (nSPS) is 29.2. The van der Waals surface area contributed by atoms with Gasteiger partial charge in [-0.05, 0) is 18.5 Å². The van der Waals surface area contributed by atoms with Crippen molar-refractivity contribution in [3.8, 4) is 5.88 Å². The van der Waals surface area contributed by atoms with Crippen molar-refractivity contribution in [2.45, 2.75) is 45.2 Å². The average Bonchev–Trinajstić information content (AvgIpc) is 2.63. The molecule has 1 heterocycles. The van der Waals surface area contributed by atoms with Gasteiger partial charge in [0.15, 0.2) is 0 Å². The third-order valence-corrected chi connectivity index (χ3v) is 3.00. The van der Waals surface area contributed by atoms with Gasteiger partial charge in [0.1, 0.15) is 11.4 Å². The Labute approximate surface area is 95.0 Å². The van der Waals surface area contributed by atoms with Gasteiger partial charge in [-0.25, -0.2) is 4.39 Å². The van der Waals surface area contributed by atoms with Crippen LogP contribution in [-0.2, 0) is 5.41 Å². The van der Waals surface area contributed by atoms with Crippen LogP contribution in [0.1, 0.15) is 39.9 Å². The molecule has 4 heteroatoms. The summed E-state index contributed by atoms with van der Waals surface area (Å²) in [5.74, 6) is 1.23. The quantitative estimate of drug-likeness (QED) is 0.796. The van der Waals surface area contributed by atoms with Crippen LogP contribution in [0, 0.1) is 5.92 Å². The Balaban J connectivity index is 1.89. The zero-order valence-corrected chi connectivity index (χ0v) is 10.2. The van der Waals surface area contributed by atoms with Crippen molar-refractivity contribution in [1.29, 1.82) is 0 Å². The SMILES string of the molecule is CC(C)(C)c1cc(OCC2CC2(C)F)no1. The van der Waals surface area contributed by atoms with Gasteiger partial charge < -0.3 is 9.26 Å². The van der Waals surface area contributed by atoms with Crippen LogP contribution < -0.4 is 4.74 Å². The second-order valence-electron chi connectivity index (χ2n) is 5.77. The largest absolute Gasteiger partial charge is 0.475 e. The van der Waals surface area contributed by atoms with Gasteiger partial charge in [-0.2, -0.15) is 0 Å². The van der Waals surface area contributed by atoms with E-state index in [0.717, 1.165) is 5.76 Å². The monoisotopic (exact) mass is 227 g/mol. The molecule has 0 bridgehead atoms. The minimum absolute atomic E-state index is 0.00212. The summed E-state index contributed by atoms with van der Waals surface area (Å²) in [6.45, 7) is 8.10. The van der Waals surface area contributed by atoms with Gasteiger partial charge in [-0.1, -0.05) is 20.8 Å². The Morgan fingerprint density at radius 1 is 1.62 bits per heavy atom. The number of hydrogen-bond acceptors (Lipinski definition) is 3. The molecule has 2 atom stereocenters. The summed E-state index contributed by atoms with van der Waals surface area (Å²) < 4.78 is 23.8. The maximum absolute atomic E-state index is 13.2. The lowest BCUT2D eigenvalue weighted by Crippen LogP contribution is -2.09. The highest BCUT2D eigenvalue weighted by molar-refractivity contribution is 5.17. The fourth-order valence-electron chi connectivity index (χ4n) is 1.52. The number of hydrogen-bond donors (Lipinski definition) is 0. The number of alkyl halides is 1. The molecular weight excluding hydrogens is 209 g/mol. The summed E-state index contributed by atoms with van der Waals surface area (Å²) >= 11 is 0. The number of aromatic nitrogens is 1. The van der Waals surface area contributed by atoms with E-state index >= 15 is 0 Å². The first-order valence-corrected chi connectivity index (χ1v) is 5.58. The first-order chi connectivity index (χ1) is 7.29. The Morgan fingerprint density at radius 2 is 2.25 bits per heavy atom. The van der Waals surface area contributed by atoms with Crippen molar-refractivity contribution in [3.63, 3.8) is 0 Å². The molecular formula is C12H18FNO2. The van der Waals surface area contributed by atoms with Crippen molar-refractivity contribution >= 4 is 0 Å². The van der Waals surface area contributed by atoms with Crippen molar-refractivity contribution in [3.05, 3.63) is 11.8 Å². The Bertz CT molecular complexity index is 379. The molecule has 1 aliphatic rings. The van der Waals surface area contributed by atoms with Gasteiger partial charge in [-0.15, -0.1) is 0 Å². The van der Waals surface area contributed by atoms with Crippen molar-refractivity contribution in [1.82, 2.24) is 5.16 Å². The summed E-state index contributed by atoms with van der Waals surface area (Å²) in [5.41, 5.74) is -1.13. The van der Waals surface area contributed by atoms with Crippen molar-refractivity contribution in [2.24, 2.45) is 5.92 Å². The van der Waals surface area contributed by atoms with Crippen LogP contribution >= 0.6 is 0 Å². The number of ether oxygens (including phenoxy) is 1. The molecule has 3 nitrogen and oxygen atoms in total. The summed E-state index contributed by atoms with van der Waals surface area (Å²) in [5, 5.41) is 3.81. The maximum atomic E-state index is 13.2. The van der Waals surface area contributed by atoms with E-state index in [-0.39, 0.29) is 11.3 Å². The minimum atomic E-state index is -1.05. The third kappa shape index (κ3) is 2.36. The average molecular weight is 227 g/mol. The lowest BCUT2D eigenvalue weighted by molar-refractivity contribution is 0.221. The highest BCUT2D eigenvalue weighted by Crippen LogP contribution is 2.46. The molecule has 1 saturated carbocycles. The second kappa shape index (κ2) is 3.47. The number of nitrogens with zero attached hydrogens (tertiary/aromatic N) is 1. The molecule has 1 aliphatic carbocycles. The van der Waals surface area contributed by atoms with E-state index in [1.54, 1.807) is 13.0 Å². The Morgan fingerprint density at radius 3 is 2.69 bits per heavy atom. The van der Waals surface area contributed by atoms with Crippen LogP contribution in [0.2, 0.25) is 0 Å². The van der Waals surface area contributed by atoms with E-state index in [1.807, 2.05) is 20.8 Å². The first kappa shape index (κ1) is 11.4. The van der Waals surface area contributed by atoms with Crippen molar-refractivity contribution in [2.75, 3.05) is 6.61 Å². The smallest absolute Gasteiger partial charge is 0.254 e. The fourth-order valence-corrected chi connectivity index (χ4v) is 1.52. The molecule has 1 aromatic rings. The highest BCUT2D eigenvalue weighted by Gasteiger charge is 2.51. The van der Waals surface area contributed by atoms with E-state index in [0.29, 0.717) is 18.9 Å². The summed E-state index contributed by atoms with van der Waals surface area (Å²) in [6, 6.07) is 1.78. The molecule has 1 aromatic heterocycles. The Hall–Kier alpha value is -1.06. The molecule has 0 radical (unpaired) electrons. The lowest BCUT2D eigenvalue weighted by atomic mass is 9.94. The van der Waals surface area contributed by atoms with Crippen LogP contribution in [0.25, 0.3) is 0 Å². The number of halogens is 1. The molecule has 0 aromatic carbocycles. The third-order valence-electron chi connectivity index (χ3n) is 3.00. The second-order valence-corrected chi connectivity index (χ2v) is 5.77. The van der Waals surface area contributed by atoms with E-state index < -0.39 is 5.67 Å². The molecule has 1 fully saturated rings. The van der Waals surface area contributed by atoms with Gasteiger partial charge >= 0.3 is 0 Å². The van der Waals surface area contributed by atoms with Gasteiger partial charge in [-0.3, -0.25) is 0 Å².